The van der Waals surface area contributed by atoms with Crippen molar-refractivity contribution in [3.63, 3.8) is 0 Å². The first-order chi connectivity index (χ1) is 9.36. The fourth-order valence-electron chi connectivity index (χ4n) is 1.70. The van der Waals surface area contributed by atoms with Crippen LogP contribution in [0.2, 0.25) is 0 Å². The highest BCUT2D eigenvalue weighted by molar-refractivity contribution is 5.74. The first-order valence-corrected chi connectivity index (χ1v) is 6.22. The maximum absolute atomic E-state index is 11.0. The van der Waals surface area contributed by atoms with E-state index < -0.39 is 5.97 Å². The Bertz CT molecular complexity index is 536. The van der Waals surface area contributed by atoms with Crippen molar-refractivity contribution in [2.45, 2.75) is 13.8 Å². The summed E-state index contributed by atoms with van der Waals surface area (Å²) in [7, 11) is 3.80. The largest absolute Gasteiger partial charge is 0.480 e. The number of nitrogens with zero attached hydrogens (tertiary/aromatic N) is 5. The number of aliphatic carboxylic acids is 1. The van der Waals surface area contributed by atoms with Crippen LogP contribution in [0.5, 0.6) is 0 Å². The zero-order valence-corrected chi connectivity index (χ0v) is 12.2. The van der Waals surface area contributed by atoms with Crippen molar-refractivity contribution < 1.29 is 9.90 Å². The maximum Gasteiger partial charge on any atom is 0.323 e. The average Bonchev–Trinajstić information content (AvgIpc) is 2.37. The van der Waals surface area contributed by atoms with Gasteiger partial charge in [0, 0.05) is 13.1 Å². The van der Waals surface area contributed by atoms with Gasteiger partial charge < -0.3 is 14.9 Å². The van der Waals surface area contributed by atoms with Crippen molar-refractivity contribution >= 4 is 11.8 Å². The predicted octanol–water partition coefficient (Wildman–Crippen LogP) is 0.418. The third-order valence-electron chi connectivity index (χ3n) is 2.99. The molecular formula is C13H19N5O2. The Balaban J connectivity index is 3.16. The first kappa shape index (κ1) is 15.9. The van der Waals surface area contributed by atoms with Gasteiger partial charge in [0.2, 0.25) is 0 Å². The zero-order valence-electron chi connectivity index (χ0n) is 12.2. The zero-order chi connectivity index (χ0) is 15.3. The van der Waals surface area contributed by atoms with Gasteiger partial charge in [-0.05, 0) is 33.5 Å². The van der Waals surface area contributed by atoms with Crippen molar-refractivity contribution in [1.82, 2.24) is 15.1 Å². The van der Waals surface area contributed by atoms with E-state index in [0.29, 0.717) is 30.2 Å². The summed E-state index contributed by atoms with van der Waals surface area (Å²) in [6.07, 6.45) is 0. The van der Waals surface area contributed by atoms with Gasteiger partial charge in [-0.15, -0.1) is 5.10 Å². The van der Waals surface area contributed by atoms with Crippen LogP contribution in [0.4, 0.5) is 5.82 Å². The molecule has 108 valence electrons. The van der Waals surface area contributed by atoms with Crippen molar-refractivity contribution in [2.75, 3.05) is 38.6 Å². The van der Waals surface area contributed by atoms with Gasteiger partial charge in [-0.1, -0.05) is 0 Å². The third-order valence-corrected chi connectivity index (χ3v) is 2.99. The summed E-state index contributed by atoms with van der Waals surface area (Å²) in [4.78, 5) is 14.5. The molecule has 1 N–H and O–H groups in total. The molecule has 0 spiro atoms. The summed E-state index contributed by atoms with van der Waals surface area (Å²) < 4.78 is 0. The number of likely N-dealkylation sites (N-methyl/N-ethyl adjacent to an activating group) is 1. The van der Waals surface area contributed by atoms with Gasteiger partial charge in [0.05, 0.1) is 5.69 Å². The van der Waals surface area contributed by atoms with Crippen LogP contribution in [-0.2, 0) is 4.79 Å². The van der Waals surface area contributed by atoms with E-state index in [1.54, 1.807) is 18.7 Å². The molecule has 0 saturated heterocycles. The van der Waals surface area contributed by atoms with Gasteiger partial charge >= 0.3 is 5.97 Å². The molecule has 7 heteroatoms. The minimum Gasteiger partial charge on any atom is -0.480 e. The van der Waals surface area contributed by atoms with Crippen LogP contribution in [-0.4, -0.2) is 59.9 Å². The molecule has 0 aromatic carbocycles. The van der Waals surface area contributed by atoms with Crippen LogP contribution < -0.4 is 4.90 Å². The summed E-state index contributed by atoms with van der Waals surface area (Å²) in [6.45, 7) is 4.48. The number of aryl methyl sites for hydroxylation is 1. The molecule has 20 heavy (non-hydrogen) atoms. The molecule has 1 aromatic heterocycles. The molecule has 0 fully saturated rings. The number of aromatic nitrogens is 2. The normalized spacial score (nSPS) is 10.4. The smallest absolute Gasteiger partial charge is 0.323 e. The molecule has 7 nitrogen and oxygen atoms in total. The molecular weight excluding hydrogens is 258 g/mol. The summed E-state index contributed by atoms with van der Waals surface area (Å²) in [5, 5.41) is 26.3. The van der Waals surface area contributed by atoms with E-state index in [1.807, 2.05) is 19.0 Å². The lowest BCUT2D eigenvalue weighted by Gasteiger charge is -2.24. The van der Waals surface area contributed by atoms with Crippen molar-refractivity contribution in [3.8, 4) is 6.07 Å². The number of nitriles is 1. The predicted molar refractivity (Wildman–Crippen MR) is 74.6 cm³/mol. The summed E-state index contributed by atoms with van der Waals surface area (Å²) in [5.41, 5.74) is 1.79. The molecule has 0 bridgehead atoms. The molecule has 1 heterocycles. The second-order valence-electron chi connectivity index (χ2n) is 4.84. The van der Waals surface area contributed by atoms with Crippen molar-refractivity contribution in [1.29, 1.82) is 5.26 Å². The molecule has 0 saturated carbocycles. The Morgan fingerprint density at radius 3 is 2.45 bits per heavy atom. The Hall–Kier alpha value is -2.20. The van der Waals surface area contributed by atoms with E-state index in [4.69, 9.17) is 5.11 Å². The molecule has 0 aliphatic heterocycles. The van der Waals surface area contributed by atoms with Crippen molar-refractivity contribution in [2.24, 2.45) is 0 Å². The lowest BCUT2D eigenvalue weighted by Crippen LogP contribution is -2.37. The average molecular weight is 277 g/mol. The highest BCUT2D eigenvalue weighted by Gasteiger charge is 2.19. The van der Waals surface area contributed by atoms with E-state index in [-0.39, 0.29) is 6.54 Å². The van der Waals surface area contributed by atoms with Crippen LogP contribution >= 0.6 is 0 Å². The molecule has 1 aromatic rings. The second kappa shape index (κ2) is 6.82. The van der Waals surface area contributed by atoms with E-state index in [1.165, 1.54) is 0 Å². The van der Waals surface area contributed by atoms with Crippen LogP contribution in [0.1, 0.15) is 16.8 Å². The van der Waals surface area contributed by atoms with E-state index >= 15 is 0 Å². The molecule has 0 amide bonds. The number of rotatable bonds is 6. The molecule has 0 atom stereocenters. The van der Waals surface area contributed by atoms with Gasteiger partial charge in [-0.25, -0.2) is 0 Å². The van der Waals surface area contributed by atoms with Gasteiger partial charge in [0.1, 0.15) is 18.2 Å². The number of carboxylic acid groups (broad SMARTS) is 1. The minimum atomic E-state index is -0.965. The van der Waals surface area contributed by atoms with E-state index in [9.17, 15) is 10.1 Å². The van der Waals surface area contributed by atoms with Crippen LogP contribution in [0.25, 0.3) is 0 Å². The Morgan fingerprint density at radius 2 is 1.95 bits per heavy atom. The molecule has 0 unspecified atom stereocenters. The molecule has 1 rings (SSSR count). The Labute approximate surface area is 118 Å². The van der Waals surface area contributed by atoms with Crippen LogP contribution in [0.15, 0.2) is 0 Å². The molecule has 0 radical (unpaired) electrons. The highest BCUT2D eigenvalue weighted by atomic mass is 16.4. The van der Waals surface area contributed by atoms with Crippen LogP contribution in [0, 0.1) is 25.2 Å². The topological polar surface area (TPSA) is 93.3 Å². The number of carbonyl (C=O) groups is 1. The second-order valence-corrected chi connectivity index (χ2v) is 4.84. The van der Waals surface area contributed by atoms with Gasteiger partial charge in [-0.3, -0.25) is 4.79 Å². The highest BCUT2D eigenvalue weighted by Crippen LogP contribution is 2.20. The van der Waals surface area contributed by atoms with E-state index in [0.717, 1.165) is 5.56 Å². The number of hydrogen-bond donors (Lipinski definition) is 1. The minimum absolute atomic E-state index is 0.209. The van der Waals surface area contributed by atoms with Gasteiger partial charge in [0.25, 0.3) is 0 Å². The quantitative estimate of drug-likeness (QED) is 0.805. The number of anilines is 1. The lowest BCUT2D eigenvalue weighted by atomic mass is 10.1. The van der Waals surface area contributed by atoms with Crippen LogP contribution in [0.3, 0.4) is 0 Å². The monoisotopic (exact) mass is 277 g/mol. The Morgan fingerprint density at radius 1 is 1.30 bits per heavy atom. The fraction of sp³-hybridized carbons (Fsp3) is 0.538. The summed E-state index contributed by atoms with van der Waals surface area (Å²) >= 11 is 0. The lowest BCUT2D eigenvalue weighted by molar-refractivity contribution is -0.135. The molecule has 0 aliphatic carbocycles. The standard InChI is InChI=1S/C13H19N5O2/c1-9-10(2)15-16-13(11(9)7-14)18(8-12(19)20)6-5-17(3)4/h5-6,8H2,1-4H3,(H,19,20). The van der Waals surface area contributed by atoms with E-state index in [2.05, 4.69) is 16.3 Å². The van der Waals surface area contributed by atoms with Crippen molar-refractivity contribution in [3.05, 3.63) is 16.8 Å². The summed E-state index contributed by atoms with van der Waals surface area (Å²) in [6, 6.07) is 2.10. The SMILES string of the molecule is Cc1nnc(N(CCN(C)C)CC(=O)O)c(C#N)c1C. The first-order valence-electron chi connectivity index (χ1n) is 6.22. The summed E-state index contributed by atoms with van der Waals surface area (Å²) in [5.74, 6) is -0.632. The Kier molecular flexibility index (Phi) is 5.41. The third kappa shape index (κ3) is 3.90. The molecule has 0 aliphatic rings. The van der Waals surface area contributed by atoms with Gasteiger partial charge in [0.15, 0.2) is 5.82 Å². The fourth-order valence-corrected chi connectivity index (χ4v) is 1.70. The number of hydrogen-bond acceptors (Lipinski definition) is 6. The number of carboxylic acids is 1. The maximum atomic E-state index is 11.0. The van der Waals surface area contributed by atoms with Gasteiger partial charge in [-0.2, -0.15) is 10.4 Å².